The molecule has 20 heavy (non-hydrogen) atoms. The molecule has 0 unspecified atom stereocenters. The van der Waals surface area contributed by atoms with Gasteiger partial charge < -0.3 is 15.8 Å². The summed E-state index contributed by atoms with van der Waals surface area (Å²) in [5.74, 6) is -0.547. The molecule has 1 amide bonds. The molecule has 3 N–H and O–H groups in total. The summed E-state index contributed by atoms with van der Waals surface area (Å²) in [4.78, 5) is 12.1. The Kier molecular flexibility index (Phi) is 5.77. The van der Waals surface area contributed by atoms with Gasteiger partial charge in [0.1, 0.15) is 0 Å². The number of hydrogen-bond donors (Lipinski definition) is 2. The Bertz CT molecular complexity index is 476. The molecular formula is C14H20ClFN2O2. The van der Waals surface area contributed by atoms with Crippen LogP contribution in [0.4, 0.5) is 10.1 Å². The Morgan fingerprint density at radius 1 is 1.45 bits per heavy atom. The predicted octanol–water partition coefficient (Wildman–Crippen LogP) is 2.86. The van der Waals surface area contributed by atoms with Crippen molar-refractivity contribution in [3.8, 4) is 5.75 Å². The predicted molar refractivity (Wildman–Crippen MR) is 78.8 cm³/mol. The molecule has 112 valence electrons. The third-order valence-corrected chi connectivity index (χ3v) is 3.44. The average molecular weight is 303 g/mol. The van der Waals surface area contributed by atoms with Crippen LogP contribution < -0.4 is 15.8 Å². The highest BCUT2D eigenvalue weighted by Crippen LogP contribution is 2.29. The number of halogens is 2. The molecule has 1 aliphatic carbocycles. The van der Waals surface area contributed by atoms with E-state index in [1.807, 2.05) is 0 Å². The molecule has 1 aromatic rings. The number of nitrogens with one attached hydrogen (secondary N) is 1. The van der Waals surface area contributed by atoms with Gasteiger partial charge in [0.15, 0.2) is 11.6 Å². The molecule has 4 nitrogen and oxygen atoms in total. The minimum absolute atomic E-state index is 0. The first-order valence-corrected chi connectivity index (χ1v) is 6.58. The molecule has 0 aliphatic heterocycles. The van der Waals surface area contributed by atoms with Crippen molar-refractivity contribution in [2.75, 3.05) is 11.9 Å². The highest BCUT2D eigenvalue weighted by molar-refractivity contribution is 5.98. The number of carbonyl (C=O) groups excluding carboxylic acids is 1. The van der Waals surface area contributed by atoms with Crippen molar-refractivity contribution in [3.05, 3.63) is 24.0 Å². The molecule has 2 rings (SSSR count). The van der Waals surface area contributed by atoms with Gasteiger partial charge in [0, 0.05) is 11.8 Å². The van der Waals surface area contributed by atoms with Gasteiger partial charge in [-0.15, -0.1) is 12.4 Å². The van der Waals surface area contributed by atoms with E-state index < -0.39 is 11.4 Å². The van der Waals surface area contributed by atoms with Crippen molar-refractivity contribution in [1.82, 2.24) is 0 Å². The second-order valence-corrected chi connectivity index (χ2v) is 4.90. The van der Waals surface area contributed by atoms with Crippen LogP contribution >= 0.6 is 12.4 Å². The van der Waals surface area contributed by atoms with Crippen molar-refractivity contribution in [2.24, 2.45) is 5.73 Å². The zero-order valence-corrected chi connectivity index (χ0v) is 12.3. The van der Waals surface area contributed by atoms with Crippen LogP contribution in [0.25, 0.3) is 0 Å². The van der Waals surface area contributed by atoms with Crippen LogP contribution in [0.3, 0.4) is 0 Å². The number of nitrogens with two attached hydrogens (primary N) is 1. The lowest BCUT2D eigenvalue weighted by Gasteiger charge is -2.22. The van der Waals surface area contributed by atoms with Crippen LogP contribution in [-0.2, 0) is 4.79 Å². The van der Waals surface area contributed by atoms with E-state index in [9.17, 15) is 9.18 Å². The molecular weight excluding hydrogens is 283 g/mol. The molecule has 0 radical (unpaired) electrons. The first-order chi connectivity index (χ1) is 9.05. The molecule has 1 fully saturated rings. The van der Waals surface area contributed by atoms with E-state index in [2.05, 4.69) is 5.32 Å². The smallest absolute Gasteiger partial charge is 0.244 e. The van der Waals surface area contributed by atoms with E-state index in [0.29, 0.717) is 25.1 Å². The average Bonchev–Trinajstić information content (AvgIpc) is 2.81. The maximum atomic E-state index is 13.7. The summed E-state index contributed by atoms with van der Waals surface area (Å²) in [7, 11) is 0. The zero-order chi connectivity index (χ0) is 13.9. The molecule has 1 aliphatic rings. The van der Waals surface area contributed by atoms with Gasteiger partial charge in [-0.05, 0) is 31.9 Å². The highest BCUT2D eigenvalue weighted by Gasteiger charge is 2.36. The van der Waals surface area contributed by atoms with Crippen molar-refractivity contribution in [1.29, 1.82) is 0 Å². The molecule has 0 heterocycles. The van der Waals surface area contributed by atoms with Crippen LogP contribution in [0, 0.1) is 5.82 Å². The lowest BCUT2D eigenvalue weighted by Crippen LogP contribution is -2.48. The van der Waals surface area contributed by atoms with E-state index in [0.717, 1.165) is 12.8 Å². The third-order valence-electron chi connectivity index (χ3n) is 3.44. The summed E-state index contributed by atoms with van der Waals surface area (Å²) < 4.78 is 18.8. The van der Waals surface area contributed by atoms with Crippen LogP contribution in [0.5, 0.6) is 5.75 Å². The number of benzene rings is 1. The molecule has 6 heteroatoms. The van der Waals surface area contributed by atoms with E-state index in [-0.39, 0.29) is 24.1 Å². The summed E-state index contributed by atoms with van der Waals surface area (Å²) in [6.07, 6.45) is 3.28. The summed E-state index contributed by atoms with van der Waals surface area (Å²) in [5.41, 5.74) is 5.63. The monoisotopic (exact) mass is 302 g/mol. The maximum Gasteiger partial charge on any atom is 0.244 e. The van der Waals surface area contributed by atoms with E-state index in [4.69, 9.17) is 10.5 Å². The number of rotatable bonds is 4. The fraction of sp³-hybridized carbons (Fsp3) is 0.500. The van der Waals surface area contributed by atoms with Crippen molar-refractivity contribution < 1.29 is 13.9 Å². The van der Waals surface area contributed by atoms with Crippen molar-refractivity contribution in [2.45, 2.75) is 38.1 Å². The topological polar surface area (TPSA) is 64.3 Å². The normalized spacial score (nSPS) is 16.4. The molecule has 0 spiro atoms. The Labute approximate surface area is 124 Å². The number of anilines is 1. The van der Waals surface area contributed by atoms with Gasteiger partial charge in [0.05, 0.1) is 12.1 Å². The van der Waals surface area contributed by atoms with Crippen LogP contribution in [0.15, 0.2) is 18.2 Å². The summed E-state index contributed by atoms with van der Waals surface area (Å²) in [5, 5.41) is 2.68. The van der Waals surface area contributed by atoms with Gasteiger partial charge in [0.25, 0.3) is 0 Å². The van der Waals surface area contributed by atoms with Gasteiger partial charge in [0.2, 0.25) is 5.91 Å². The minimum atomic E-state index is -0.810. The quantitative estimate of drug-likeness (QED) is 0.899. The highest BCUT2D eigenvalue weighted by atomic mass is 35.5. The Morgan fingerprint density at radius 2 is 2.10 bits per heavy atom. The third kappa shape index (κ3) is 3.61. The fourth-order valence-electron chi connectivity index (χ4n) is 2.34. The van der Waals surface area contributed by atoms with E-state index in [1.54, 1.807) is 13.0 Å². The first-order valence-electron chi connectivity index (χ1n) is 6.58. The van der Waals surface area contributed by atoms with E-state index >= 15 is 0 Å². The van der Waals surface area contributed by atoms with Gasteiger partial charge in [-0.1, -0.05) is 12.8 Å². The van der Waals surface area contributed by atoms with Crippen LogP contribution in [0.1, 0.15) is 32.6 Å². The minimum Gasteiger partial charge on any atom is -0.491 e. The lowest BCUT2D eigenvalue weighted by molar-refractivity contribution is -0.121. The fourth-order valence-corrected chi connectivity index (χ4v) is 2.34. The Balaban J connectivity index is 0.00000200. The lowest BCUT2D eigenvalue weighted by atomic mass is 9.98. The molecule has 0 saturated heterocycles. The van der Waals surface area contributed by atoms with Gasteiger partial charge in [-0.25, -0.2) is 4.39 Å². The number of ether oxygens (including phenoxy) is 1. The summed E-state index contributed by atoms with van der Waals surface area (Å²) in [6, 6.07) is 4.37. The number of hydrogen-bond acceptors (Lipinski definition) is 3. The first kappa shape index (κ1) is 16.7. The number of carbonyl (C=O) groups is 1. The molecule has 1 aromatic carbocycles. The van der Waals surface area contributed by atoms with Crippen molar-refractivity contribution >= 4 is 24.0 Å². The van der Waals surface area contributed by atoms with Crippen LogP contribution in [-0.4, -0.2) is 18.1 Å². The molecule has 0 aromatic heterocycles. The summed E-state index contributed by atoms with van der Waals surface area (Å²) >= 11 is 0. The van der Waals surface area contributed by atoms with Gasteiger partial charge in [-0.3, -0.25) is 4.79 Å². The summed E-state index contributed by atoms with van der Waals surface area (Å²) in [6.45, 7) is 2.18. The second kappa shape index (κ2) is 6.90. The van der Waals surface area contributed by atoms with E-state index in [1.165, 1.54) is 12.1 Å². The zero-order valence-electron chi connectivity index (χ0n) is 11.4. The Hall–Kier alpha value is -1.33. The molecule has 1 saturated carbocycles. The molecule has 0 bridgehead atoms. The molecule has 0 atom stereocenters. The largest absolute Gasteiger partial charge is 0.491 e. The van der Waals surface area contributed by atoms with Gasteiger partial charge >= 0.3 is 0 Å². The van der Waals surface area contributed by atoms with Crippen molar-refractivity contribution in [3.63, 3.8) is 0 Å². The maximum absolute atomic E-state index is 13.7. The van der Waals surface area contributed by atoms with Gasteiger partial charge in [-0.2, -0.15) is 0 Å². The number of amides is 1. The standard InChI is InChI=1S/C14H19FN2O2.ClH/c1-2-19-12-6-5-10(9-11(12)15)17-13(18)14(16)7-3-4-8-14;/h5-6,9H,2-4,7-8,16H2,1H3,(H,17,18);1H. The van der Waals surface area contributed by atoms with Crippen LogP contribution in [0.2, 0.25) is 0 Å². The SMILES string of the molecule is CCOc1ccc(NC(=O)C2(N)CCCC2)cc1F.Cl. The Morgan fingerprint density at radius 3 is 2.65 bits per heavy atom. The second-order valence-electron chi connectivity index (χ2n) is 4.90.